The minimum atomic E-state index is 0.328. The zero-order valence-electron chi connectivity index (χ0n) is 11.9. The maximum Gasteiger partial charge on any atom is 0.0451 e. The summed E-state index contributed by atoms with van der Waals surface area (Å²) < 4.78 is 0. The Morgan fingerprint density at radius 2 is 1.89 bits per heavy atom. The fourth-order valence-electron chi connectivity index (χ4n) is 3.27. The van der Waals surface area contributed by atoms with E-state index in [1.54, 1.807) is 0 Å². The van der Waals surface area contributed by atoms with E-state index in [2.05, 4.69) is 18.0 Å². The number of rotatable bonds is 5. The first-order valence-corrected chi connectivity index (χ1v) is 7.65. The maximum atomic E-state index is 6.23. The van der Waals surface area contributed by atoms with Crippen molar-refractivity contribution >= 4 is 11.6 Å². The van der Waals surface area contributed by atoms with Gasteiger partial charge in [-0.1, -0.05) is 49.1 Å². The van der Waals surface area contributed by atoms with E-state index >= 15 is 0 Å². The van der Waals surface area contributed by atoms with Crippen molar-refractivity contribution in [3.8, 4) is 0 Å². The van der Waals surface area contributed by atoms with Crippen molar-refractivity contribution in [1.29, 1.82) is 0 Å². The molecule has 3 heteroatoms. The summed E-state index contributed by atoms with van der Waals surface area (Å²) in [5.41, 5.74) is 7.59. The summed E-state index contributed by atoms with van der Waals surface area (Å²) in [6, 6.07) is 8.10. The molecular weight excluding hydrogens is 256 g/mol. The Labute approximate surface area is 121 Å². The largest absolute Gasteiger partial charge is 0.330 e. The Bertz CT molecular complexity index is 399. The molecule has 106 valence electrons. The minimum absolute atomic E-state index is 0.328. The highest BCUT2D eigenvalue weighted by Gasteiger charge is 2.31. The van der Waals surface area contributed by atoms with Crippen molar-refractivity contribution in [1.82, 2.24) is 4.90 Å². The lowest BCUT2D eigenvalue weighted by Gasteiger charge is -2.39. The average molecular weight is 281 g/mol. The Balaban J connectivity index is 1.96. The van der Waals surface area contributed by atoms with E-state index in [0.717, 1.165) is 24.7 Å². The Kier molecular flexibility index (Phi) is 5.26. The lowest BCUT2D eigenvalue weighted by molar-refractivity contribution is 0.124. The first-order chi connectivity index (χ1) is 9.15. The second kappa shape index (κ2) is 6.74. The van der Waals surface area contributed by atoms with Crippen LogP contribution in [0.5, 0.6) is 0 Å². The molecule has 1 saturated carbocycles. The zero-order valence-corrected chi connectivity index (χ0v) is 12.6. The highest BCUT2D eigenvalue weighted by Crippen LogP contribution is 2.36. The molecule has 1 aliphatic carbocycles. The third kappa shape index (κ3) is 3.95. The second-order valence-electron chi connectivity index (χ2n) is 6.03. The predicted molar refractivity (Wildman–Crippen MR) is 82.4 cm³/mol. The van der Waals surface area contributed by atoms with Crippen molar-refractivity contribution < 1.29 is 0 Å². The number of halogens is 1. The van der Waals surface area contributed by atoms with Crippen molar-refractivity contribution in [2.75, 3.05) is 20.1 Å². The van der Waals surface area contributed by atoms with E-state index < -0.39 is 0 Å². The molecule has 2 rings (SSSR count). The molecule has 1 fully saturated rings. The second-order valence-corrected chi connectivity index (χ2v) is 6.44. The number of hydrogen-bond acceptors (Lipinski definition) is 2. The molecule has 19 heavy (non-hydrogen) atoms. The fourth-order valence-corrected chi connectivity index (χ4v) is 3.47. The van der Waals surface area contributed by atoms with Crippen LogP contribution in [0.15, 0.2) is 24.3 Å². The van der Waals surface area contributed by atoms with E-state index in [1.165, 1.54) is 37.7 Å². The fraction of sp³-hybridized carbons (Fsp3) is 0.625. The van der Waals surface area contributed by atoms with Gasteiger partial charge < -0.3 is 10.6 Å². The van der Waals surface area contributed by atoms with Gasteiger partial charge in [-0.3, -0.25) is 0 Å². The van der Waals surface area contributed by atoms with E-state index in [-0.39, 0.29) is 0 Å². The smallest absolute Gasteiger partial charge is 0.0451 e. The van der Waals surface area contributed by atoms with Crippen LogP contribution in [-0.2, 0) is 6.54 Å². The van der Waals surface area contributed by atoms with Crippen LogP contribution in [0.2, 0.25) is 5.02 Å². The third-order valence-corrected chi connectivity index (χ3v) is 4.72. The molecule has 2 nitrogen and oxygen atoms in total. The van der Waals surface area contributed by atoms with Crippen LogP contribution in [0.4, 0.5) is 0 Å². The van der Waals surface area contributed by atoms with Crippen LogP contribution in [0.25, 0.3) is 0 Å². The Hall–Kier alpha value is -0.570. The molecular formula is C16H25ClN2. The van der Waals surface area contributed by atoms with Crippen LogP contribution in [-0.4, -0.2) is 25.0 Å². The van der Waals surface area contributed by atoms with E-state index in [9.17, 15) is 0 Å². The number of nitrogens with zero attached hydrogens (tertiary/aromatic N) is 1. The van der Waals surface area contributed by atoms with Gasteiger partial charge in [0.05, 0.1) is 0 Å². The molecule has 0 bridgehead atoms. The van der Waals surface area contributed by atoms with Gasteiger partial charge in [-0.15, -0.1) is 0 Å². The van der Waals surface area contributed by atoms with Gasteiger partial charge in [0, 0.05) is 18.1 Å². The SMILES string of the molecule is CN(Cc1ccccc1Cl)CC1(CN)CCCCC1. The summed E-state index contributed by atoms with van der Waals surface area (Å²) in [5, 5.41) is 0.861. The Morgan fingerprint density at radius 1 is 1.21 bits per heavy atom. The quantitative estimate of drug-likeness (QED) is 0.891. The minimum Gasteiger partial charge on any atom is -0.330 e. The predicted octanol–water partition coefficient (Wildman–Crippen LogP) is 3.68. The zero-order chi connectivity index (χ0) is 13.7. The van der Waals surface area contributed by atoms with Crippen molar-refractivity contribution in [2.45, 2.75) is 38.6 Å². The summed E-state index contributed by atoms with van der Waals surface area (Å²) in [5.74, 6) is 0. The molecule has 2 N–H and O–H groups in total. The summed E-state index contributed by atoms with van der Waals surface area (Å²) in [4.78, 5) is 2.37. The monoisotopic (exact) mass is 280 g/mol. The Morgan fingerprint density at radius 3 is 2.53 bits per heavy atom. The first-order valence-electron chi connectivity index (χ1n) is 7.27. The van der Waals surface area contributed by atoms with E-state index in [1.807, 2.05) is 18.2 Å². The lowest BCUT2D eigenvalue weighted by atomic mass is 9.73. The first kappa shape index (κ1) is 14.8. The van der Waals surface area contributed by atoms with Crippen LogP contribution in [0.1, 0.15) is 37.7 Å². The number of benzene rings is 1. The average Bonchev–Trinajstić information content (AvgIpc) is 2.42. The standard InChI is InChI=1S/C16H25ClN2/c1-19(11-14-7-3-4-8-15(14)17)13-16(12-18)9-5-2-6-10-16/h3-4,7-8H,2,5-6,9-13,18H2,1H3. The van der Waals surface area contributed by atoms with Crippen molar-refractivity contribution in [2.24, 2.45) is 11.1 Å². The molecule has 0 heterocycles. The summed E-state index contributed by atoms with van der Waals surface area (Å²) in [6.45, 7) is 2.79. The molecule has 1 aliphatic rings. The number of hydrogen-bond donors (Lipinski definition) is 1. The van der Waals surface area contributed by atoms with Gasteiger partial charge in [0.15, 0.2) is 0 Å². The van der Waals surface area contributed by atoms with Gasteiger partial charge in [0.1, 0.15) is 0 Å². The van der Waals surface area contributed by atoms with Crippen LogP contribution >= 0.6 is 11.6 Å². The van der Waals surface area contributed by atoms with Crippen LogP contribution in [0, 0.1) is 5.41 Å². The van der Waals surface area contributed by atoms with Crippen LogP contribution in [0.3, 0.4) is 0 Å². The van der Waals surface area contributed by atoms with Crippen molar-refractivity contribution in [3.05, 3.63) is 34.9 Å². The molecule has 1 aromatic rings. The van der Waals surface area contributed by atoms with Gasteiger partial charge in [-0.25, -0.2) is 0 Å². The third-order valence-electron chi connectivity index (χ3n) is 4.35. The summed E-state index contributed by atoms with van der Waals surface area (Å²) >= 11 is 6.23. The maximum absolute atomic E-state index is 6.23. The molecule has 0 unspecified atom stereocenters. The molecule has 0 spiro atoms. The summed E-state index contributed by atoms with van der Waals surface area (Å²) in [7, 11) is 2.18. The molecule has 0 saturated heterocycles. The highest BCUT2D eigenvalue weighted by molar-refractivity contribution is 6.31. The number of nitrogens with two attached hydrogens (primary N) is 1. The van der Waals surface area contributed by atoms with Gasteiger partial charge >= 0.3 is 0 Å². The molecule has 0 radical (unpaired) electrons. The molecule has 0 amide bonds. The molecule has 0 aromatic heterocycles. The molecule has 1 aromatic carbocycles. The van der Waals surface area contributed by atoms with E-state index in [4.69, 9.17) is 17.3 Å². The van der Waals surface area contributed by atoms with Crippen molar-refractivity contribution in [3.63, 3.8) is 0 Å². The van der Waals surface area contributed by atoms with E-state index in [0.29, 0.717) is 5.41 Å². The normalized spacial score (nSPS) is 18.7. The lowest BCUT2D eigenvalue weighted by Crippen LogP contribution is -2.42. The van der Waals surface area contributed by atoms with Gasteiger partial charge in [-0.05, 0) is 43.5 Å². The molecule has 0 aliphatic heterocycles. The summed E-state index contributed by atoms with van der Waals surface area (Å²) in [6.07, 6.45) is 6.58. The molecule has 0 atom stereocenters. The van der Waals surface area contributed by atoms with Gasteiger partial charge in [-0.2, -0.15) is 0 Å². The van der Waals surface area contributed by atoms with Gasteiger partial charge in [0.2, 0.25) is 0 Å². The topological polar surface area (TPSA) is 29.3 Å². The highest BCUT2D eigenvalue weighted by atomic mass is 35.5. The van der Waals surface area contributed by atoms with Crippen LogP contribution < -0.4 is 5.73 Å². The van der Waals surface area contributed by atoms with Gasteiger partial charge in [0.25, 0.3) is 0 Å².